The maximum Gasteiger partial charge on any atom is 0.280 e. The van der Waals surface area contributed by atoms with Crippen LogP contribution in [0.5, 0.6) is 0 Å². The standard InChI is InChI=1S/C20H24N4O5.2ClH/c25-11-20(12-26,13-27)22-10-4-9-21-19-14-5-1-2-6-15(14)23-16-7-3-8-17(18(16)19)24(28)29;;/h1-3,5-8,22,25-27H,4,9-13H2,(H,21,23);2*1H. The van der Waals surface area contributed by atoms with E-state index in [0.717, 1.165) is 10.9 Å². The number of fused-ring (bicyclic) bond motifs is 2. The summed E-state index contributed by atoms with van der Waals surface area (Å²) in [6.45, 7) is -0.254. The zero-order chi connectivity index (χ0) is 20.9. The lowest BCUT2D eigenvalue weighted by molar-refractivity contribution is -0.383. The number of para-hydroxylation sites is 1. The highest BCUT2D eigenvalue weighted by atomic mass is 35.5. The number of aromatic nitrogens is 1. The molecule has 2 aromatic carbocycles. The minimum Gasteiger partial charge on any atom is -0.394 e. The van der Waals surface area contributed by atoms with Gasteiger partial charge in [-0.05, 0) is 25.1 Å². The third-order valence-corrected chi connectivity index (χ3v) is 4.94. The average Bonchev–Trinajstić information content (AvgIpc) is 2.75. The summed E-state index contributed by atoms with van der Waals surface area (Å²) in [5, 5.41) is 47.1. The van der Waals surface area contributed by atoms with Gasteiger partial charge in [0.1, 0.15) is 5.39 Å². The van der Waals surface area contributed by atoms with Crippen LogP contribution < -0.4 is 10.6 Å². The van der Waals surface area contributed by atoms with Gasteiger partial charge < -0.3 is 26.0 Å². The number of nitrogens with zero attached hydrogens (tertiary/aromatic N) is 2. The van der Waals surface area contributed by atoms with Crippen molar-refractivity contribution in [2.75, 3.05) is 38.2 Å². The van der Waals surface area contributed by atoms with Crippen molar-refractivity contribution in [2.24, 2.45) is 0 Å². The first-order valence-corrected chi connectivity index (χ1v) is 9.32. The monoisotopic (exact) mass is 472 g/mol. The van der Waals surface area contributed by atoms with Crippen molar-refractivity contribution in [2.45, 2.75) is 12.0 Å². The quantitative estimate of drug-likeness (QED) is 0.131. The number of nitrogens with one attached hydrogen (secondary N) is 2. The summed E-state index contributed by atoms with van der Waals surface area (Å²) in [5.41, 5.74) is 0.783. The Balaban J connectivity index is 0.00000240. The number of benzene rings is 2. The van der Waals surface area contributed by atoms with Crippen molar-refractivity contribution in [3.05, 3.63) is 52.6 Å². The Hall–Kier alpha value is -2.27. The number of aliphatic hydroxyl groups excluding tert-OH is 3. The van der Waals surface area contributed by atoms with E-state index in [4.69, 9.17) is 0 Å². The van der Waals surface area contributed by atoms with Crippen molar-refractivity contribution < 1.29 is 20.2 Å². The lowest BCUT2D eigenvalue weighted by Gasteiger charge is -2.28. The molecule has 1 aromatic heterocycles. The number of halogens is 2. The Morgan fingerprint density at radius 1 is 0.935 bits per heavy atom. The van der Waals surface area contributed by atoms with Crippen LogP contribution in [0.1, 0.15) is 6.42 Å². The van der Waals surface area contributed by atoms with Crippen molar-refractivity contribution in [3.8, 4) is 0 Å². The normalized spacial score (nSPS) is 11.1. The number of nitro groups is 1. The summed E-state index contributed by atoms with van der Waals surface area (Å²) in [6, 6.07) is 12.3. The molecule has 0 spiro atoms. The average molecular weight is 473 g/mol. The molecule has 0 bridgehead atoms. The zero-order valence-corrected chi connectivity index (χ0v) is 18.3. The molecule has 0 radical (unpaired) electrons. The van der Waals surface area contributed by atoms with E-state index in [2.05, 4.69) is 15.6 Å². The molecule has 31 heavy (non-hydrogen) atoms. The van der Waals surface area contributed by atoms with Crippen LogP contribution in [0.15, 0.2) is 42.5 Å². The Morgan fingerprint density at radius 2 is 1.58 bits per heavy atom. The summed E-state index contributed by atoms with van der Waals surface area (Å²) in [4.78, 5) is 15.7. The summed E-state index contributed by atoms with van der Waals surface area (Å²) in [7, 11) is 0. The molecular formula is C20H26Cl2N4O5. The minimum absolute atomic E-state index is 0. The fourth-order valence-corrected chi connectivity index (χ4v) is 3.23. The molecule has 3 aromatic rings. The van der Waals surface area contributed by atoms with Gasteiger partial charge in [-0.25, -0.2) is 4.98 Å². The van der Waals surface area contributed by atoms with Crippen molar-refractivity contribution >= 4 is 58.0 Å². The summed E-state index contributed by atoms with van der Waals surface area (Å²) in [6.07, 6.45) is 0.598. The highest BCUT2D eigenvalue weighted by Gasteiger charge is 2.26. The smallest absolute Gasteiger partial charge is 0.280 e. The topological polar surface area (TPSA) is 141 Å². The first-order valence-electron chi connectivity index (χ1n) is 9.32. The molecule has 0 aliphatic heterocycles. The van der Waals surface area contributed by atoms with Crippen LogP contribution >= 0.6 is 24.8 Å². The summed E-state index contributed by atoms with van der Waals surface area (Å²) < 4.78 is 0. The fraction of sp³-hybridized carbons (Fsp3) is 0.350. The number of non-ortho nitro benzene ring substituents is 1. The number of pyridine rings is 1. The number of nitro benzene ring substituents is 1. The molecule has 1 heterocycles. The second kappa shape index (κ2) is 11.9. The SMILES string of the molecule is Cl.Cl.O=[N+]([O-])c1cccc2nc3ccccc3c(NCCCNC(CO)(CO)CO)c12. The van der Waals surface area contributed by atoms with Crippen LogP contribution in [0, 0.1) is 10.1 Å². The molecule has 0 saturated heterocycles. The lowest BCUT2D eigenvalue weighted by Crippen LogP contribution is -2.55. The van der Waals surface area contributed by atoms with Gasteiger partial charge in [-0.2, -0.15) is 0 Å². The molecule has 0 saturated carbocycles. The van der Waals surface area contributed by atoms with Gasteiger partial charge in [-0.15, -0.1) is 24.8 Å². The van der Waals surface area contributed by atoms with E-state index >= 15 is 0 Å². The van der Waals surface area contributed by atoms with Crippen LogP contribution in [0.4, 0.5) is 11.4 Å². The predicted octanol–water partition coefficient (Wildman–Crippen LogP) is 2.25. The molecule has 9 nitrogen and oxygen atoms in total. The Kier molecular flexibility index (Phi) is 10.3. The Labute approximate surface area is 191 Å². The second-order valence-electron chi connectivity index (χ2n) is 6.89. The van der Waals surface area contributed by atoms with E-state index in [9.17, 15) is 25.4 Å². The van der Waals surface area contributed by atoms with Gasteiger partial charge >= 0.3 is 0 Å². The van der Waals surface area contributed by atoms with Crippen LogP contribution in [0.2, 0.25) is 0 Å². The third kappa shape index (κ3) is 5.70. The number of hydrogen-bond acceptors (Lipinski definition) is 8. The predicted molar refractivity (Wildman–Crippen MR) is 125 cm³/mol. The maximum atomic E-state index is 11.6. The van der Waals surface area contributed by atoms with E-state index in [0.29, 0.717) is 36.1 Å². The van der Waals surface area contributed by atoms with Crippen LogP contribution in [0.25, 0.3) is 21.8 Å². The van der Waals surface area contributed by atoms with E-state index in [1.54, 1.807) is 12.1 Å². The number of aliphatic hydroxyl groups is 3. The molecule has 3 rings (SSSR count). The largest absolute Gasteiger partial charge is 0.394 e. The Morgan fingerprint density at radius 3 is 2.23 bits per heavy atom. The number of hydrogen-bond donors (Lipinski definition) is 5. The van der Waals surface area contributed by atoms with E-state index in [1.165, 1.54) is 6.07 Å². The molecule has 11 heteroatoms. The molecule has 0 fully saturated rings. The molecule has 170 valence electrons. The van der Waals surface area contributed by atoms with Crippen molar-refractivity contribution in [1.82, 2.24) is 10.3 Å². The molecule has 0 amide bonds. The van der Waals surface area contributed by atoms with Gasteiger partial charge in [0.05, 0.1) is 47.0 Å². The van der Waals surface area contributed by atoms with Gasteiger partial charge in [0.25, 0.3) is 5.69 Å². The second-order valence-corrected chi connectivity index (χ2v) is 6.89. The summed E-state index contributed by atoms with van der Waals surface area (Å²) >= 11 is 0. The highest BCUT2D eigenvalue weighted by Crippen LogP contribution is 2.36. The number of anilines is 1. The summed E-state index contributed by atoms with van der Waals surface area (Å²) in [5.74, 6) is 0. The van der Waals surface area contributed by atoms with Crippen LogP contribution in [0.3, 0.4) is 0 Å². The van der Waals surface area contributed by atoms with E-state index in [1.807, 2.05) is 24.3 Å². The van der Waals surface area contributed by atoms with Gasteiger partial charge in [-0.3, -0.25) is 10.1 Å². The first-order chi connectivity index (χ1) is 14.0. The highest BCUT2D eigenvalue weighted by molar-refractivity contribution is 6.11. The van der Waals surface area contributed by atoms with Gasteiger partial charge in [0, 0.05) is 18.0 Å². The molecule has 0 atom stereocenters. The van der Waals surface area contributed by atoms with Crippen LogP contribution in [-0.4, -0.2) is 63.7 Å². The van der Waals surface area contributed by atoms with Crippen molar-refractivity contribution in [1.29, 1.82) is 0 Å². The third-order valence-electron chi connectivity index (χ3n) is 4.94. The maximum absolute atomic E-state index is 11.6. The first kappa shape index (κ1) is 26.8. The minimum atomic E-state index is -1.13. The molecule has 0 aliphatic rings. The van der Waals surface area contributed by atoms with Crippen LogP contribution in [-0.2, 0) is 0 Å². The molecule has 0 unspecified atom stereocenters. The molecule has 5 N–H and O–H groups in total. The van der Waals surface area contributed by atoms with E-state index < -0.39 is 10.5 Å². The number of rotatable bonds is 10. The molecular weight excluding hydrogens is 447 g/mol. The Bertz CT molecular complexity index is 1010. The van der Waals surface area contributed by atoms with Gasteiger partial charge in [0.15, 0.2) is 0 Å². The fourth-order valence-electron chi connectivity index (χ4n) is 3.23. The molecule has 0 aliphatic carbocycles. The van der Waals surface area contributed by atoms with Gasteiger partial charge in [0.2, 0.25) is 0 Å². The lowest BCUT2D eigenvalue weighted by atomic mass is 10.0. The van der Waals surface area contributed by atoms with Gasteiger partial charge in [-0.1, -0.05) is 24.3 Å². The zero-order valence-electron chi connectivity index (χ0n) is 16.7. The van der Waals surface area contributed by atoms with E-state index in [-0.39, 0.29) is 50.3 Å². The van der Waals surface area contributed by atoms with Crippen molar-refractivity contribution in [3.63, 3.8) is 0 Å².